The van der Waals surface area contributed by atoms with Gasteiger partial charge in [0.25, 0.3) is 5.91 Å². The molecule has 2 aromatic rings. The third-order valence-corrected chi connectivity index (χ3v) is 4.83. The van der Waals surface area contributed by atoms with Crippen LogP contribution < -0.4 is 4.74 Å². The molecule has 4 rings (SSSR count). The van der Waals surface area contributed by atoms with Crippen LogP contribution >= 0.6 is 0 Å². The first-order valence-corrected chi connectivity index (χ1v) is 8.73. The van der Waals surface area contributed by atoms with Gasteiger partial charge in [-0.15, -0.1) is 0 Å². The highest BCUT2D eigenvalue weighted by Gasteiger charge is 2.53. The van der Waals surface area contributed by atoms with Gasteiger partial charge in [-0.3, -0.25) is 9.48 Å². The fraction of sp³-hybridized carbons (Fsp3) is 0.444. The lowest BCUT2D eigenvalue weighted by Gasteiger charge is -2.42. The predicted octanol–water partition coefficient (Wildman–Crippen LogP) is 2.63. The van der Waals surface area contributed by atoms with Crippen molar-refractivity contribution in [2.45, 2.75) is 25.4 Å². The van der Waals surface area contributed by atoms with Crippen molar-refractivity contribution in [3.05, 3.63) is 47.5 Å². The number of fused-ring (bicyclic) bond motifs is 1. The molecule has 3 heterocycles. The number of hydrogen-bond donors (Lipinski definition) is 0. The predicted molar refractivity (Wildman–Crippen MR) is 88.1 cm³/mol. The maximum atomic E-state index is 13.5. The Morgan fingerprint density at radius 2 is 2.04 bits per heavy atom. The maximum absolute atomic E-state index is 13.5. The number of halogens is 4. The van der Waals surface area contributed by atoms with E-state index in [1.807, 2.05) is 0 Å². The second kappa shape index (κ2) is 7.08. The van der Waals surface area contributed by atoms with E-state index in [9.17, 15) is 22.4 Å². The van der Waals surface area contributed by atoms with Gasteiger partial charge in [-0.05, 0) is 18.2 Å². The Hall–Kier alpha value is -2.62. The molecule has 0 N–H and O–H groups in total. The van der Waals surface area contributed by atoms with Crippen molar-refractivity contribution in [3.63, 3.8) is 0 Å². The van der Waals surface area contributed by atoms with Crippen molar-refractivity contribution in [2.75, 3.05) is 19.8 Å². The Labute approximate surface area is 157 Å². The molecule has 150 valence electrons. The molecule has 0 spiro atoms. The highest BCUT2D eigenvalue weighted by atomic mass is 19.4. The number of carbonyl (C=O) groups is 1. The van der Waals surface area contributed by atoms with Gasteiger partial charge in [0.2, 0.25) is 0 Å². The average molecular weight is 399 g/mol. The molecule has 1 aromatic heterocycles. The zero-order chi connectivity index (χ0) is 19.9. The van der Waals surface area contributed by atoms with Crippen molar-refractivity contribution < 1.29 is 31.8 Å². The Bertz CT molecular complexity index is 879. The highest BCUT2D eigenvalue weighted by molar-refractivity contribution is 5.93. The molecule has 0 radical (unpaired) electrons. The zero-order valence-electron chi connectivity index (χ0n) is 14.7. The summed E-state index contributed by atoms with van der Waals surface area (Å²) in [7, 11) is 0. The topological polar surface area (TPSA) is 56.6 Å². The number of hydrogen-bond acceptors (Lipinski definition) is 4. The monoisotopic (exact) mass is 399 g/mol. The van der Waals surface area contributed by atoms with Crippen LogP contribution in [0, 0.1) is 11.7 Å². The lowest BCUT2D eigenvalue weighted by molar-refractivity contribution is -0.219. The van der Waals surface area contributed by atoms with Crippen molar-refractivity contribution in [3.8, 4) is 5.75 Å². The van der Waals surface area contributed by atoms with Gasteiger partial charge in [0.15, 0.2) is 0 Å². The van der Waals surface area contributed by atoms with Crippen LogP contribution in [0.5, 0.6) is 5.75 Å². The van der Waals surface area contributed by atoms with Crippen LogP contribution in [0.15, 0.2) is 30.3 Å². The molecule has 2 aliphatic heterocycles. The van der Waals surface area contributed by atoms with E-state index in [0.717, 1.165) is 4.90 Å². The number of benzene rings is 1. The van der Waals surface area contributed by atoms with Crippen LogP contribution in [0.4, 0.5) is 17.6 Å². The molecule has 1 aromatic carbocycles. The summed E-state index contributed by atoms with van der Waals surface area (Å²) in [5, 5.41) is 4.22. The SMILES string of the molecule is O=C1c2cc(COc3cccc(F)c3)nn2CCN1C(C1COC1)C(F)(F)F. The molecule has 28 heavy (non-hydrogen) atoms. The summed E-state index contributed by atoms with van der Waals surface area (Å²) in [5.74, 6) is -1.63. The van der Waals surface area contributed by atoms with E-state index in [2.05, 4.69) is 5.10 Å². The molecule has 1 amide bonds. The second-order valence-corrected chi connectivity index (χ2v) is 6.77. The number of aromatic nitrogens is 2. The number of amides is 1. The molecule has 0 saturated carbocycles. The van der Waals surface area contributed by atoms with E-state index < -0.39 is 29.9 Å². The summed E-state index contributed by atoms with van der Waals surface area (Å²) in [4.78, 5) is 13.6. The molecule has 10 heteroatoms. The molecular formula is C18H17F4N3O3. The minimum Gasteiger partial charge on any atom is -0.487 e. The molecule has 1 saturated heterocycles. The van der Waals surface area contributed by atoms with Crippen molar-refractivity contribution in [1.82, 2.24) is 14.7 Å². The number of ether oxygens (including phenoxy) is 2. The maximum Gasteiger partial charge on any atom is 0.409 e. The summed E-state index contributed by atoms with van der Waals surface area (Å²) in [6.07, 6.45) is -4.53. The summed E-state index contributed by atoms with van der Waals surface area (Å²) >= 11 is 0. The third kappa shape index (κ3) is 3.56. The number of carbonyl (C=O) groups excluding carboxylic acids is 1. The summed E-state index contributed by atoms with van der Waals surface area (Å²) in [5.41, 5.74) is 0.462. The first kappa shape index (κ1) is 18.7. The van der Waals surface area contributed by atoms with Gasteiger partial charge in [-0.1, -0.05) is 6.07 Å². The van der Waals surface area contributed by atoms with Crippen LogP contribution in [0.2, 0.25) is 0 Å². The number of rotatable bonds is 5. The molecule has 1 atom stereocenters. The third-order valence-electron chi connectivity index (χ3n) is 4.83. The Morgan fingerprint density at radius 3 is 2.68 bits per heavy atom. The molecular weight excluding hydrogens is 382 g/mol. The van der Waals surface area contributed by atoms with Crippen molar-refractivity contribution in [1.29, 1.82) is 0 Å². The minimum atomic E-state index is -4.53. The largest absolute Gasteiger partial charge is 0.487 e. The Morgan fingerprint density at radius 1 is 1.25 bits per heavy atom. The van der Waals surface area contributed by atoms with Crippen molar-refractivity contribution in [2.24, 2.45) is 5.92 Å². The van der Waals surface area contributed by atoms with E-state index in [0.29, 0.717) is 11.4 Å². The van der Waals surface area contributed by atoms with E-state index in [1.165, 1.54) is 28.9 Å². The van der Waals surface area contributed by atoms with E-state index >= 15 is 0 Å². The first-order chi connectivity index (χ1) is 13.3. The fourth-order valence-corrected chi connectivity index (χ4v) is 3.45. The summed E-state index contributed by atoms with van der Waals surface area (Å²) in [6.45, 7) is 0.00929. The van der Waals surface area contributed by atoms with Crippen LogP contribution in [0.25, 0.3) is 0 Å². The van der Waals surface area contributed by atoms with Gasteiger partial charge in [0.05, 0.1) is 19.8 Å². The number of nitrogens with zero attached hydrogens (tertiary/aromatic N) is 3. The Balaban J connectivity index is 1.50. The van der Waals surface area contributed by atoms with E-state index in [1.54, 1.807) is 6.07 Å². The number of alkyl halides is 3. The molecule has 1 fully saturated rings. The molecule has 0 bridgehead atoms. The standard InChI is InChI=1S/C18H17F4N3O3/c19-12-2-1-3-14(6-12)28-10-13-7-15-17(26)24(4-5-25(15)23-13)16(18(20,21)22)11-8-27-9-11/h1-3,6-7,11,16H,4-5,8-10H2. The normalized spacial score (nSPS) is 18.6. The summed E-state index contributed by atoms with van der Waals surface area (Å²) < 4.78 is 65.6. The second-order valence-electron chi connectivity index (χ2n) is 6.77. The molecule has 0 aliphatic carbocycles. The van der Waals surface area contributed by atoms with Gasteiger partial charge in [-0.2, -0.15) is 18.3 Å². The van der Waals surface area contributed by atoms with Crippen LogP contribution in [0.1, 0.15) is 16.2 Å². The molecule has 6 nitrogen and oxygen atoms in total. The summed E-state index contributed by atoms with van der Waals surface area (Å²) in [6, 6.07) is 5.09. The lowest BCUT2D eigenvalue weighted by Crippen LogP contribution is -2.59. The van der Waals surface area contributed by atoms with Gasteiger partial charge in [0, 0.05) is 18.5 Å². The van der Waals surface area contributed by atoms with E-state index in [-0.39, 0.29) is 38.6 Å². The van der Waals surface area contributed by atoms with Crippen molar-refractivity contribution >= 4 is 5.91 Å². The van der Waals surface area contributed by atoms with Gasteiger partial charge < -0.3 is 14.4 Å². The first-order valence-electron chi connectivity index (χ1n) is 8.73. The van der Waals surface area contributed by atoms with Gasteiger partial charge in [-0.25, -0.2) is 4.39 Å². The molecule has 1 unspecified atom stereocenters. The smallest absolute Gasteiger partial charge is 0.409 e. The van der Waals surface area contributed by atoms with Gasteiger partial charge >= 0.3 is 6.18 Å². The van der Waals surface area contributed by atoms with Crippen LogP contribution in [-0.2, 0) is 17.9 Å². The van der Waals surface area contributed by atoms with Crippen LogP contribution in [-0.4, -0.2) is 52.6 Å². The minimum absolute atomic E-state index is 0.0139. The fourth-order valence-electron chi connectivity index (χ4n) is 3.45. The quantitative estimate of drug-likeness (QED) is 0.726. The van der Waals surface area contributed by atoms with E-state index in [4.69, 9.17) is 9.47 Å². The van der Waals surface area contributed by atoms with Crippen LogP contribution in [0.3, 0.4) is 0 Å². The molecule has 2 aliphatic rings. The van der Waals surface area contributed by atoms with Gasteiger partial charge in [0.1, 0.15) is 35.6 Å². The highest BCUT2D eigenvalue weighted by Crippen LogP contribution is 2.35. The average Bonchev–Trinajstić information content (AvgIpc) is 3.00. The lowest BCUT2D eigenvalue weighted by atomic mass is 9.95. The zero-order valence-corrected chi connectivity index (χ0v) is 14.7. The Kier molecular flexibility index (Phi) is 4.74.